The molecule has 0 radical (unpaired) electrons. The van der Waals surface area contributed by atoms with Gasteiger partial charge in [0.15, 0.2) is 0 Å². The van der Waals surface area contributed by atoms with Gasteiger partial charge in [0, 0.05) is 5.02 Å². The van der Waals surface area contributed by atoms with E-state index in [4.69, 9.17) is 11.6 Å². The molecule has 4 nitrogen and oxygen atoms in total. The van der Waals surface area contributed by atoms with Gasteiger partial charge >= 0.3 is 11.9 Å². The van der Waals surface area contributed by atoms with E-state index in [1.165, 1.54) is 0 Å². The van der Waals surface area contributed by atoms with Crippen LogP contribution in [0.4, 0.5) is 0 Å². The van der Waals surface area contributed by atoms with E-state index in [0.29, 0.717) is 35.4 Å². The molecule has 2 N–H and O–H groups in total. The lowest BCUT2D eigenvalue weighted by molar-refractivity contribution is 0.0648. The summed E-state index contributed by atoms with van der Waals surface area (Å²) in [4.78, 5) is 24.6. The number of halogens is 1. The number of carbonyl (C=O) groups is 2. The molecule has 1 aromatic carbocycles. The van der Waals surface area contributed by atoms with Crippen molar-refractivity contribution >= 4 is 23.5 Å². The molecule has 0 fully saturated rings. The molecule has 5 heteroatoms. The molecular formula is C24H37ClO4. The second-order valence-electron chi connectivity index (χ2n) is 11.3. The van der Waals surface area contributed by atoms with Gasteiger partial charge in [-0.1, -0.05) is 80.3 Å². The van der Waals surface area contributed by atoms with Gasteiger partial charge in [0.05, 0.1) is 11.1 Å². The first-order valence-corrected chi connectivity index (χ1v) is 10.6. The highest BCUT2D eigenvalue weighted by molar-refractivity contribution is 6.33. The Morgan fingerprint density at radius 1 is 0.724 bits per heavy atom. The smallest absolute Gasteiger partial charge is 0.336 e. The molecule has 0 saturated heterocycles. The van der Waals surface area contributed by atoms with E-state index in [-0.39, 0.29) is 27.4 Å². The van der Waals surface area contributed by atoms with Crippen LogP contribution in [-0.2, 0) is 19.3 Å². The maximum atomic E-state index is 12.3. The fourth-order valence-corrected chi connectivity index (χ4v) is 3.90. The molecule has 0 atom stereocenters. The summed E-state index contributed by atoms with van der Waals surface area (Å²) in [5.41, 5.74) is 0.973. The van der Waals surface area contributed by atoms with Crippen molar-refractivity contribution in [3.05, 3.63) is 32.8 Å². The van der Waals surface area contributed by atoms with Crippen LogP contribution < -0.4 is 0 Å². The summed E-state index contributed by atoms with van der Waals surface area (Å²) in [7, 11) is 0. The molecule has 0 aromatic heterocycles. The van der Waals surface area contributed by atoms with Crippen molar-refractivity contribution in [1.29, 1.82) is 0 Å². The summed E-state index contributed by atoms with van der Waals surface area (Å²) < 4.78 is 0. The van der Waals surface area contributed by atoms with Crippen LogP contribution in [0.3, 0.4) is 0 Å². The minimum Gasteiger partial charge on any atom is -0.478 e. The van der Waals surface area contributed by atoms with Crippen molar-refractivity contribution in [2.24, 2.45) is 16.2 Å². The zero-order valence-corrected chi connectivity index (χ0v) is 20.2. The average molecular weight is 425 g/mol. The molecule has 0 aliphatic carbocycles. The number of carboxylic acids is 2. The van der Waals surface area contributed by atoms with Crippen LogP contribution in [0.15, 0.2) is 0 Å². The third-order valence-corrected chi connectivity index (χ3v) is 5.66. The fraction of sp³-hybridized carbons (Fsp3) is 0.667. The lowest BCUT2D eigenvalue weighted by Gasteiger charge is -2.31. The van der Waals surface area contributed by atoms with E-state index in [9.17, 15) is 19.8 Å². The average Bonchev–Trinajstić information content (AvgIpc) is 2.50. The molecule has 0 aliphatic heterocycles. The summed E-state index contributed by atoms with van der Waals surface area (Å²) in [6.45, 7) is 18.4. The Morgan fingerprint density at radius 2 is 1.10 bits per heavy atom. The Balaban J connectivity index is 4.11. The molecule has 0 unspecified atom stereocenters. The van der Waals surface area contributed by atoms with Gasteiger partial charge in [-0.3, -0.25) is 0 Å². The SMILES string of the molecule is CCC(C)(C)Cc1c(Cl)c(CC(C)(C)C)c(C(=O)O)c(C(=O)O)c1CC(C)(C)C. The molecular weight excluding hydrogens is 388 g/mol. The monoisotopic (exact) mass is 424 g/mol. The quantitative estimate of drug-likeness (QED) is 0.499. The molecule has 0 bridgehead atoms. The van der Waals surface area contributed by atoms with E-state index in [1.807, 2.05) is 41.5 Å². The van der Waals surface area contributed by atoms with E-state index in [0.717, 1.165) is 12.0 Å². The highest BCUT2D eigenvalue weighted by atomic mass is 35.5. The van der Waals surface area contributed by atoms with E-state index < -0.39 is 11.9 Å². The van der Waals surface area contributed by atoms with Crippen molar-refractivity contribution in [3.8, 4) is 0 Å². The van der Waals surface area contributed by atoms with Gasteiger partial charge in [-0.25, -0.2) is 9.59 Å². The topological polar surface area (TPSA) is 74.6 Å². The van der Waals surface area contributed by atoms with Crippen molar-refractivity contribution in [2.45, 2.75) is 88.0 Å². The highest BCUT2D eigenvalue weighted by Crippen LogP contribution is 2.41. The normalized spacial score (nSPS) is 12.9. The molecule has 0 aliphatic rings. The number of benzene rings is 1. The highest BCUT2D eigenvalue weighted by Gasteiger charge is 2.34. The number of hydrogen-bond acceptors (Lipinski definition) is 2. The van der Waals surface area contributed by atoms with E-state index >= 15 is 0 Å². The second kappa shape index (κ2) is 8.67. The predicted octanol–water partition coefficient (Wildman–Crippen LogP) is 6.89. The summed E-state index contributed by atoms with van der Waals surface area (Å²) in [6.07, 6.45) is 2.34. The van der Waals surface area contributed by atoms with Gasteiger partial charge in [-0.2, -0.15) is 0 Å². The maximum absolute atomic E-state index is 12.3. The molecule has 29 heavy (non-hydrogen) atoms. The Kier molecular flexibility index (Phi) is 7.62. The van der Waals surface area contributed by atoms with Gasteiger partial charge in [0.1, 0.15) is 0 Å². The fourth-order valence-electron chi connectivity index (χ4n) is 3.56. The Bertz CT molecular complexity index is 793. The van der Waals surface area contributed by atoms with E-state index in [2.05, 4.69) is 20.8 Å². The van der Waals surface area contributed by atoms with Crippen molar-refractivity contribution < 1.29 is 19.8 Å². The van der Waals surface area contributed by atoms with Gasteiger partial charge in [-0.05, 0) is 52.2 Å². The summed E-state index contributed by atoms with van der Waals surface area (Å²) in [6, 6.07) is 0. The van der Waals surface area contributed by atoms with Crippen molar-refractivity contribution in [1.82, 2.24) is 0 Å². The zero-order valence-electron chi connectivity index (χ0n) is 19.4. The number of carboxylic acid groups (broad SMARTS) is 2. The first-order valence-electron chi connectivity index (χ1n) is 10.2. The molecule has 1 aromatic rings. The Labute approximate surface area is 180 Å². The summed E-state index contributed by atoms with van der Waals surface area (Å²) in [5, 5.41) is 20.5. The van der Waals surface area contributed by atoms with Gasteiger partial charge in [0.25, 0.3) is 0 Å². The minimum atomic E-state index is -1.24. The molecule has 164 valence electrons. The van der Waals surface area contributed by atoms with Crippen LogP contribution >= 0.6 is 11.6 Å². The molecule has 0 amide bonds. The molecule has 0 heterocycles. The number of aromatic carboxylic acids is 2. The third-order valence-electron chi connectivity index (χ3n) is 5.20. The van der Waals surface area contributed by atoms with Crippen LogP contribution in [0, 0.1) is 16.2 Å². The van der Waals surface area contributed by atoms with Gasteiger partial charge in [0.2, 0.25) is 0 Å². The molecule has 0 saturated carbocycles. The van der Waals surface area contributed by atoms with Crippen LogP contribution in [0.2, 0.25) is 5.02 Å². The second-order valence-corrected chi connectivity index (χ2v) is 11.7. The standard InChI is InChI=1S/C24H37ClO4/c1-10-24(8,9)13-15-14(11-22(2,3)4)17(20(26)27)18(21(28)29)16(19(15)25)12-23(5,6)7/h10-13H2,1-9H3,(H,26,27)(H,28,29). The van der Waals surface area contributed by atoms with Crippen LogP contribution in [0.1, 0.15) is 106 Å². The number of rotatable bonds is 7. The van der Waals surface area contributed by atoms with Crippen LogP contribution in [0.25, 0.3) is 0 Å². The molecule has 1 rings (SSSR count). The molecule has 0 spiro atoms. The van der Waals surface area contributed by atoms with Gasteiger partial charge in [-0.15, -0.1) is 0 Å². The van der Waals surface area contributed by atoms with Crippen molar-refractivity contribution in [3.63, 3.8) is 0 Å². The largest absolute Gasteiger partial charge is 0.478 e. The lowest BCUT2D eigenvalue weighted by Crippen LogP contribution is -2.25. The van der Waals surface area contributed by atoms with Crippen LogP contribution in [0.5, 0.6) is 0 Å². The van der Waals surface area contributed by atoms with E-state index in [1.54, 1.807) is 0 Å². The Hall–Kier alpha value is -1.55. The zero-order chi connectivity index (χ0) is 22.9. The first kappa shape index (κ1) is 25.5. The van der Waals surface area contributed by atoms with Crippen LogP contribution in [-0.4, -0.2) is 22.2 Å². The van der Waals surface area contributed by atoms with Gasteiger partial charge < -0.3 is 10.2 Å². The van der Waals surface area contributed by atoms with Crippen molar-refractivity contribution in [2.75, 3.05) is 0 Å². The minimum absolute atomic E-state index is 0.0875. The Morgan fingerprint density at radius 3 is 1.45 bits per heavy atom. The summed E-state index contributed by atoms with van der Waals surface area (Å²) >= 11 is 6.88. The summed E-state index contributed by atoms with van der Waals surface area (Å²) in [5.74, 6) is -2.44. The maximum Gasteiger partial charge on any atom is 0.336 e. The first-order chi connectivity index (χ1) is 12.9. The predicted molar refractivity (Wildman–Crippen MR) is 119 cm³/mol. The number of hydrogen-bond donors (Lipinski definition) is 2. The lowest BCUT2D eigenvalue weighted by atomic mass is 9.74. The third kappa shape index (κ3) is 6.74.